The predicted molar refractivity (Wildman–Crippen MR) is 78.0 cm³/mol. The molecule has 2 aromatic rings. The molecule has 0 atom stereocenters. The number of anilines is 1. The molecule has 6 nitrogen and oxygen atoms in total. The van der Waals surface area contributed by atoms with Gasteiger partial charge in [0.15, 0.2) is 0 Å². The number of nitro groups is 1. The second-order valence-electron chi connectivity index (χ2n) is 4.27. The molecule has 0 amide bonds. The maximum atomic E-state index is 11.0. The Labute approximate surface area is 116 Å². The lowest BCUT2D eigenvalue weighted by atomic mass is 10.1. The number of nitrogens with zero attached hydrogens (tertiary/aromatic N) is 2. The van der Waals surface area contributed by atoms with Crippen LogP contribution in [0.4, 0.5) is 11.4 Å². The molecule has 0 spiro atoms. The average molecular weight is 275 g/mol. The van der Waals surface area contributed by atoms with Crippen molar-refractivity contribution in [2.45, 2.75) is 13.3 Å². The van der Waals surface area contributed by atoms with Crippen LogP contribution in [-0.4, -0.2) is 29.7 Å². The van der Waals surface area contributed by atoms with Gasteiger partial charge < -0.3 is 10.1 Å². The van der Waals surface area contributed by atoms with Crippen LogP contribution in [0.5, 0.6) is 0 Å². The molecule has 6 heteroatoms. The standard InChI is InChI=1S/C14H17N3O3/c1-2-20-10-4-8-15-12-7-9-16-14-11(12)5-3-6-13(14)17(18)19/h3,5-7,9H,2,4,8,10H2,1H3,(H,15,16). The zero-order valence-electron chi connectivity index (χ0n) is 11.3. The molecule has 0 saturated heterocycles. The number of ether oxygens (including phenoxy) is 1. The van der Waals surface area contributed by atoms with E-state index in [0.717, 1.165) is 24.0 Å². The summed E-state index contributed by atoms with van der Waals surface area (Å²) in [5, 5.41) is 15.0. The quantitative estimate of drug-likeness (QED) is 0.477. The summed E-state index contributed by atoms with van der Waals surface area (Å²) in [6.45, 7) is 4.13. The number of aromatic nitrogens is 1. The van der Waals surface area contributed by atoms with E-state index in [2.05, 4.69) is 10.3 Å². The monoisotopic (exact) mass is 275 g/mol. The highest BCUT2D eigenvalue weighted by Gasteiger charge is 2.13. The third-order valence-electron chi connectivity index (χ3n) is 2.93. The first-order valence-corrected chi connectivity index (χ1v) is 6.57. The fraction of sp³-hybridized carbons (Fsp3) is 0.357. The molecule has 1 N–H and O–H groups in total. The Bertz CT molecular complexity index is 601. The van der Waals surface area contributed by atoms with Crippen LogP contribution >= 0.6 is 0 Å². The van der Waals surface area contributed by atoms with Gasteiger partial charge in [-0.15, -0.1) is 0 Å². The van der Waals surface area contributed by atoms with Gasteiger partial charge in [0.2, 0.25) is 0 Å². The van der Waals surface area contributed by atoms with Crippen molar-refractivity contribution in [3.63, 3.8) is 0 Å². The molecule has 1 aromatic heterocycles. The highest BCUT2D eigenvalue weighted by molar-refractivity contribution is 5.96. The van der Waals surface area contributed by atoms with Gasteiger partial charge in [0, 0.05) is 43.1 Å². The summed E-state index contributed by atoms with van der Waals surface area (Å²) < 4.78 is 5.27. The number of hydrogen-bond acceptors (Lipinski definition) is 5. The van der Waals surface area contributed by atoms with Crippen molar-refractivity contribution in [2.24, 2.45) is 0 Å². The Morgan fingerprint density at radius 1 is 1.40 bits per heavy atom. The van der Waals surface area contributed by atoms with E-state index in [9.17, 15) is 10.1 Å². The van der Waals surface area contributed by atoms with E-state index < -0.39 is 4.92 Å². The minimum atomic E-state index is -0.409. The normalized spacial score (nSPS) is 10.7. The van der Waals surface area contributed by atoms with Crippen molar-refractivity contribution in [2.75, 3.05) is 25.1 Å². The lowest BCUT2D eigenvalue weighted by Gasteiger charge is -2.09. The van der Waals surface area contributed by atoms with Gasteiger partial charge in [-0.1, -0.05) is 12.1 Å². The zero-order chi connectivity index (χ0) is 14.4. The smallest absolute Gasteiger partial charge is 0.295 e. The number of hydrogen-bond donors (Lipinski definition) is 1. The van der Waals surface area contributed by atoms with Gasteiger partial charge in [-0.05, 0) is 19.4 Å². The third-order valence-corrected chi connectivity index (χ3v) is 2.93. The number of rotatable bonds is 7. The van der Waals surface area contributed by atoms with Crippen LogP contribution in [0, 0.1) is 10.1 Å². The number of benzene rings is 1. The molecule has 0 radical (unpaired) electrons. The lowest BCUT2D eigenvalue weighted by Crippen LogP contribution is -2.06. The van der Waals surface area contributed by atoms with E-state index in [-0.39, 0.29) is 5.69 Å². The molecule has 2 rings (SSSR count). The average Bonchev–Trinajstić information content (AvgIpc) is 2.46. The molecule has 0 aliphatic rings. The number of para-hydroxylation sites is 1. The third kappa shape index (κ3) is 3.21. The van der Waals surface area contributed by atoms with E-state index in [0.29, 0.717) is 18.7 Å². The van der Waals surface area contributed by atoms with Gasteiger partial charge in [0.25, 0.3) is 5.69 Å². The van der Waals surface area contributed by atoms with Gasteiger partial charge in [0.05, 0.1) is 4.92 Å². The maximum absolute atomic E-state index is 11.0. The van der Waals surface area contributed by atoms with Crippen molar-refractivity contribution in [1.29, 1.82) is 0 Å². The van der Waals surface area contributed by atoms with Crippen LogP contribution in [-0.2, 0) is 4.74 Å². The zero-order valence-corrected chi connectivity index (χ0v) is 11.3. The molecule has 0 saturated carbocycles. The summed E-state index contributed by atoms with van der Waals surface area (Å²) in [4.78, 5) is 14.7. The lowest BCUT2D eigenvalue weighted by molar-refractivity contribution is -0.383. The molecule has 0 fully saturated rings. The first kappa shape index (κ1) is 14.2. The summed E-state index contributed by atoms with van der Waals surface area (Å²) in [5.74, 6) is 0. The number of nitrogens with one attached hydrogen (secondary N) is 1. The highest BCUT2D eigenvalue weighted by Crippen LogP contribution is 2.28. The van der Waals surface area contributed by atoms with Gasteiger partial charge in [0.1, 0.15) is 5.52 Å². The molecule has 0 bridgehead atoms. The Morgan fingerprint density at radius 2 is 2.25 bits per heavy atom. The molecular weight excluding hydrogens is 258 g/mol. The summed E-state index contributed by atoms with van der Waals surface area (Å²) in [7, 11) is 0. The van der Waals surface area contributed by atoms with Crippen molar-refractivity contribution in [3.05, 3.63) is 40.6 Å². The minimum absolute atomic E-state index is 0.0282. The van der Waals surface area contributed by atoms with Gasteiger partial charge in [-0.2, -0.15) is 0 Å². The van der Waals surface area contributed by atoms with E-state index in [4.69, 9.17) is 4.74 Å². The predicted octanol–water partition coefficient (Wildman–Crippen LogP) is 2.98. The van der Waals surface area contributed by atoms with Crippen LogP contribution < -0.4 is 5.32 Å². The van der Waals surface area contributed by atoms with Crippen molar-refractivity contribution in [3.8, 4) is 0 Å². The van der Waals surface area contributed by atoms with Crippen LogP contribution in [0.2, 0.25) is 0 Å². The first-order chi connectivity index (χ1) is 9.74. The van der Waals surface area contributed by atoms with Crippen molar-refractivity contribution >= 4 is 22.3 Å². The highest BCUT2D eigenvalue weighted by atomic mass is 16.6. The van der Waals surface area contributed by atoms with Gasteiger partial charge in [-0.3, -0.25) is 10.1 Å². The van der Waals surface area contributed by atoms with E-state index in [1.807, 2.05) is 19.1 Å². The molecular formula is C14H17N3O3. The molecule has 106 valence electrons. The maximum Gasteiger partial charge on any atom is 0.295 e. The second-order valence-corrected chi connectivity index (χ2v) is 4.27. The van der Waals surface area contributed by atoms with E-state index in [1.54, 1.807) is 12.3 Å². The Balaban J connectivity index is 2.18. The Morgan fingerprint density at radius 3 is 3.00 bits per heavy atom. The fourth-order valence-electron chi connectivity index (χ4n) is 2.00. The van der Waals surface area contributed by atoms with Gasteiger partial charge >= 0.3 is 0 Å². The van der Waals surface area contributed by atoms with E-state index >= 15 is 0 Å². The summed E-state index contributed by atoms with van der Waals surface area (Å²) in [6.07, 6.45) is 2.47. The van der Waals surface area contributed by atoms with Crippen molar-refractivity contribution in [1.82, 2.24) is 4.98 Å². The molecule has 1 aromatic carbocycles. The summed E-state index contributed by atoms with van der Waals surface area (Å²) in [5.41, 5.74) is 1.29. The molecule has 0 aliphatic carbocycles. The Kier molecular flexibility index (Phi) is 4.84. The largest absolute Gasteiger partial charge is 0.384 e. The van der Waals surface area contributed by atoms with Crippen LogP contribution in [0.1, 0.15) is 13.3 Å². The van der Waals surface area contributed by atoms with Crippen LogP contribution in [0.3, 0.4) is 0 Å². The first-order valence-electron chi connectivity index (χ1n) is 6.57. The number of non-ortho nitro benzene ring substituents is 1. The SMILES string of the molecule is CCOCCCNc1ccnc2c([N+](=O)[O-])cccc12. The van der Waals surface area contributed by atoms with Crippen molar-refractivity contribution < 1.29 is 9.66 Å². The van der Waals surface area contributed by atoms with E-state index in [1.165, 1.54) is 6.07 Å². The fourth-order valence-corrected chi connectivity index (χ4v) is 2.00. The van der Waals surface area contributed by atoms with Gasteiger partial charge in [-0.25, -0.2) is 4.98 Å². The second kappa shape index (κ2) is 6.81. The minimum Gasteiger partial charge on any atom is -0.384 e. The summed E-state index contributed by atoms with van der Waals surface area (Å²) in [6, 6.07) is 6.80. The number of nitro benzene ring substituents is 1. The summed E-state index contributed by atoms with van der Waals surface area (Å²) >= 11 is 0. The number of fused-ring (bicyclic) bond motifs is 1. The van der Waals surface area contributed by atoms with Crippen LogP contribution in [0.25, 0.3) is 10.9 Å². The topological polar surface area (TPSA) is 77.3 Å². The number of pyridine rings is 1. The molecule has 20 heavy (non-hydrogen) atoms. The molecule has 0 aliphatic heterocycles. The van der Waals surface area contributed by atoms with Crippen LogP contribution in [0.15, 0.2) is 30.5 Å². The Hall–Kier alpha value is -2.21. The molecule has 0 unspecified atom stereocenters. The molecule has 1 heterocycles.